The number of amides is 1. The maximum Gasteiger partial charge on any atom is 0.254 e. The standard InChI is InChI=1S/C11H19N3O2S/c1-8-10(6-12-14(8)2)11(16)13-9(4-5-15)7-17-3/h6,9,15H,4-5,7H2,1-3H3,(H,13,16). The van der Waals surface area contributed by atoms with Crippen LogP contribution in [0.1, 0.15) is 22.5 Å². The third-order valence-corrected chi connectivity index (χ3v) is 3.40. The van der Waals surface area contributed by atoms with Gasteiger partial charge in [-0.15, -0.1) is 0 Å². The van der Waals surface area contributed by atoms with Crippen LogP contribution in [-0.4, -0.2) is 45.5 Å². The number of hydrogen-bond donors (Lipinski definition) is 2. The molecule has 1 unspecified atom stereocenters. The lowest BCUT2D eigenvalue weighted by Crippen LogP contribution is -2.37. The van der Waals surface area contributed by atoms with Crippen molar-refractivity contribution in [2.24, 2.45) is 7.05 Å². The highest BCUT2D eigenvalue weighted by molar-refractivity contribution is 7.98. The van der Waals surface area contributed by atoms with E-state index in [-0.39, 0.29) is 18.6 Å². The second-order valence-electron chi connectivity index (χ2n) is 3.91. The molecule has 96 valence electrons. The minimum absolute atomic E-state index is 0.00195. The van der Waals surface area contributed by atoms with Crippen LogP contribution < -0.4 is 5.32 Å². The summed E-state index contributed by atoms with van der Waals surface area (Å²) in [6, 6.07) is 0.00195. The van der Waals surface area contributed by atoms with Gasteiger partial charge in [-0.1, -0.05) is 0 Å². The number of aliphatic hydroxyl groups excluding tert-OH is 1. The fraction of sp³-hybridized carbons (Fsp3) is 0.636. The van der Waals surface area contributed by atoms with Gasteiger partial charge in [-0.05, 0) is 19.6 Å². The molecule has 17 heavy (non-hydrogen) atoms. The van der Waals surface area contributed by atoms with E-state index < -0.39 is 0 Å². The van der Waals surface area contributed by atoms with Gasteiger partial charge in [0.1, 0.15) is 0 Å². The summed E-state index contributed by atoms with van der Waals surface area (Å²) in [4.78, 5) is 12.0. The predicted molar refractivity (Wildman–Crippen MR) is 69.3 cm³/mol. The summed E-state index contributed by atoms with van der Waals surface area (Å²) >= 11 is 1.65. The third-order valence-electron chi connectivity index (χ3n) is 2.66. The van der Waals surface area contributed by atoms with Crippen molar-refractivity contribution in [1.29, 1.82) is 0 Å². The summed E-state index contributed by atoms with van der Waals surface area (Å²) in [5.74, 6) is 0.675. The Morgan fingerprint density at radius 3 is 2.88 bits per heavy atom. The molecule has 0 aromatic carbocycles. The molecule has 0 radical (unpaired) electrons. The second-order valence-corrected chi connectivity index (χ2v) is 4.82. The molecule has 0 bridgehead atoms. The molecule has 2 N–H and O–H groups in total. The lowest BCUT2D eigenvalue weighted by atomic mass is 10.2. The SMILES string of the molecule is CSCC(CCO)NC(=O)c1cnn(C)c1C. The Balaban J connectivity index is 2.66. The number of rotatable bonds is 6. The van der Waals surface area contributed by atoms with Crippen LogP contribution in [0, 0.1) is 6.92 Å². The molecule has 0 aliphatic rings. The highest BCUT2D eigenvalue weighted by atomic mass is 32.2. The summed E-state index contributed by atoms with van der Waals surface area (Å²) in [5, 5.41) is 15.9. The van der Waals surface area contributed by atoms with Crippen molar-refractivity contribution >= 4 is 17.7 Å². The molecule has 0 saturated heterocycles. The zero-order chi connectivity index (χ0) is 12.8. The van der Waals surface area contributed by atoms with E-state index in [4.69, 9.17) is 5.11 Å². The maximum atomic E-state index is 12.0. The van der Waals surface area contributed by atoms with Crippen molar-refractivity contribution in [1.82, 2.24) is 15.1 Å². The molecule has 0 aliphatic heterocycles. The summed E-state index contributed by atoms with van der Waals surface area (Å²) < 4.78 is 1.67. The molecule has 0 aliphatic carbocycles. The minimum atomic E-state index is -0.122. The van der Waals surface area contributed by atoms with E-state index in [9.17, 15) is 4.79 Å². The van der Waals surface area contributed by atoms with E-state index >= 15 is 0 Å². The number of nitrogens with one attached hydrogen (secondary N) is 1. The molecular formula is C11H19N3O2S. The van der Waals surface area contributed by atoms with Crippen molar-refractivity contribution in [2.45, 2.75) is 19.4 Å². The topological polar surface area (TPSA) is 67.2 Å². The highest BCUT2D eigenvalue weighted by Crippen LogP contribution is 2.07. The van der Waals surface area contributed by atoms with Gasteiger partial charge in [0.2, 0.25) is 0 Å². The zero-order valence-corrected chi connectivity index (χ0v) is 11.3. The largest absolute Gasteiger partial charge is 0.396 e. The highest BCUT2D eigenvalue weighted by Gasteiger charge is 2.16. The molecule has 1 heterocycles. The molecule has 5 nitrogen and oxygen atoms in total. The van der Waals surface area contributed by atoms with E-state index in [1.165, 1.54) is 0 Å². The van der Waals surface area contributed by atoms with Crippen LogP contribution in [0.25, 0.3) is 0 Å². The Morgan fingerprint density at radius 2 is 2.41 bits per heavy atom. The van der Waals surface area contributed by atoms with Crippen LogP contribution in [0.15, 0.2) is 6.20 Å². The number of aromatic nitrogens is 2. The quantitative estimate of drug-likeness (QED) is 0.782. The number of thioether (sulfide) groups is 1. The monoisotopic (exact) mass is 257 g/mol. The first-order valence-electron chi connectivity index (χ1n) is 5.49. The Hall–Kier alpha value is -1.01. The van der Waals surface area contributed by atoms with Crippen molar-refractivity contribution in [3.8, 4) is 0 Å². The average Bonchev–Trinajstić information content (AvgIpc) is 2.60. The van der Waals surface area contributed by atoms with E-state index in [1.807, 2.05) is 13.2 Å². The normalized spacial score (nSPS) is 12.5. The minimum Gasteiger partial charge on any atom is -0.396 e. The van der Waals surface area contributed by atoms with Gasteiger partial charge in [0.25, 0.3) is 5.91 Å². The summed E-state index contributed by atoms with van der Waals surface area (Å²) in [5.41, 5.74) is 1.44. The van der Waals surface area contributed by atoms with E-state index in [1.54, 1.807) is 29.7 Å². The van der Waals surface area contributed by atoms with Crippen molar-refractivity contribution < 1.29 is 9.90 Å². The van der Waals surface area contributed by atoms with Gasteiger partial charge < -0.3 is 10.4 Å². The Morgan fingerprint density at radius 1 is 1.71 bits per heavy atom. The first kappa shape index (κ1) is 14.1. The molecule has 6 heteroatoms. The maximum absolute atomic E-state index is 12.0. The first-order chi connectivity index (χ1) is 8.10. The molecule has 0 fully saturated rings. The van der Waals surface area contributed by atoms with Crippen LogP contribution in [0.5, 0.6) is 0 Å². The Kier molecular flexibility index (Phi) is 5.50. The molecule has 1 atom stereocenters. The van der Waals surface area contributed by atoms with Crippen LogP contribution in [0.2, 0.25) is 0 Å². The smallest absolute Gasteiger partial charge is 0.254 e. The number of hydrogen-bond acceptors (Lipinski definition) is 4. The summed E-state index contributed by atoms with van der Waals surface area (Å²) in [7, 11) is 1.80. The number of aryl methyl sites for hydroxylation is 1. The zero-order valence-electron chi connectivity index (χ0n) is 10.4. The van der Waals surface area contributed by atoms with Crippen molar-refractivity contribution in [3.63, 3.8) is 0 Å². The van der Waals surface area contributed by atoms with Gasteiger partial charge >= 0.3 is 0 Å². The van der Waals surface area contributed by atoms with Gasteiger partial charge in [0, 0.05) is 31.1 Å². The van der Waals surface area contributed by atoms with Crippen LogP contribution in [-0.2, 0) is 7.05 Å². The van der Waals surface area contributed by atoms with E-state index in [0.717, 1.165) is 11.4 Å². The van der Waals surface area contributed by atoms with Crippen molar-refractivity contribution in [3.05, 3.63) is 17.5 Å². The number of nitrogens with zero attached hydrogens (tertiary/aromatic N) is 2. The molecule has 1 amide bonds. The number of aliphatic hydroxyl groups is 1. The summed E-state index contributed by atoms with van der Waals surface area (Å²) in [6.45, 7) is 1.94. The van der Waals surface area contributed by atoms with Crippen LogP contribution in [0.3, 0.4) is 0 Å². The molecular weight excluding hydrogens is 238 g/mol. The van der Waals surface area contributed by atoms with Gasteiger partial charge in [-0.2, -0.15) is 16.9 Å². The molecule has 1 aromatic heterocycles. The predicted octanol–water partition coefficient (Wildman–Crippen LogP) is 0.572. The molecule has 0 spiro atoms. The lowest BCUT2D eigenvalue weighted by molar-refractivity contribution is 0.0934. The molecule has 1 rings (SSSR count). The molecule has 1 aromatic rings. The van der Waals surface area contributed by atoms with E-state index in [0.29, 0.717) is 12.0 Å². The number of carbonyl (C=O) groups is 1. The fourth-order valence-corrected chi connectivity index (χ4v) is 2.19. The lowest BCUT2D eigenvalue weighted by Gasteiger charge is -2.16. The first-order valence-corrected chi connectivity index (χ1v) is 6.88. The Labute approximate surface area is 106 Å². The van der Waals surface area contributed by atoms with Gasteiger partial charge in [-0.25, -0.2) is 0 Å². The third kappa shape index (κ3) is 3.74. The van der Waals surface area contributed by atoms with Crippen LogP contribution in [0.4, 0.5) is 0 Å². The second kappa shape index (κ2) is 6.66. The molecule has 0 saturated carbocycles. The van der Waals surface area contributed by atoms with Gasteiger partial charge in [0.05, 0.1) is 11.8 Å². The summed E-state index contributed by atoms with van der Waals surface area (Å²) in [6.07, 6.45) is 4.12. The van der Waals surface area contributed by atoms with Crippen molar-refractivity contribution in [2.75, 3.05) is 18.6 Å². The average molecular weight is 257 g/mol. The van der Waals surface area contributed by atoms with E-state index in [2.05, 4.69) is 10.4 Å². The van der Waals surface area contributed by atoms with Gasteiger partial charge in [0.15, 0.2) is 0 Å². The Bertz CT molecular complexity index is 373. The number of carbonyl (C=O) groups excluding carboxylic acids is 1. The van der Waals surface area contributed by atoms with Gasteiger partial charge in [-0.3, -0.25) is 9.48 Å². The van der Waals surface area contributed by atoms with Crippen LogP contribution >= 0.6 is 11.8 Å². The fourth-order valence-electron chi connectivity index (χ4n) is 1.54.